The van der Waals surface area contributed by atoms with Crippen LogP contribution in [0.15, 0.2) is 29.6 Å². The van der Waals surface area contributed by atoms with Gasteiger partial charge < -0.3 is 10.4 Å². The minimum absolute atomic E-state index is 0.0665. The highest BCUT2D eigenvalue weighted by Crippen LogP contribution is 2.44. The molecule has 1 amide bonds. The molecule has 0 spiro atoms. The van der Waals surface area contributed by atoms with Crippen LogP contribution < -0.4 is 5.32 Å². The van der Waals surface area contributed by atoms with Gasteiger partial charge in [0.25, 0.3) is 0 Å². The first-order valence-corrected chi connectivity index (χ1v) is 9.92. The Labute approximate surface area is 165 Å². The molecule has 0 aliphatic heterocycles. The van der Waals surface area contributed by atoms with Crippen LogP contribution in [0.4, 0.5) is 13.2 Å². The molecule has 3 rings (SSSR count). The maximum atomic E-state index is 13.6. The van der Waals surface area contributed by atoms with E-state index in [1.807, 2.05) is 24.3 Å². The monoisotopic (exact) mass is 412 g/mol. The maximum absolute atomic E-state index is 13.6. The normalized spacial score (nSPS) is 20.9. The van der Waals surface area contributed by atoms with E-state index in [-0.39, 0.29) is 11.5 Å². The van der Waals surface area contributed by atoms with Gasteiger partial charge in [-0.3, -0.25) is 4.79 Å². The molecule has 2 aromatic rings. The van der Waals surface area contributed by atoms with E-state index in [0.717, 1.165) is 17.5 Å². The molecule has 152 valence electrons. The first kappa shape index (κ1) is 20.8. The number of rotatable bonds is 4. The summed E-state index contributed by atoms with van der Waals surface area (Å²) in [5.74, 6) is -0.854. The summed E-state index contributed by atoms with van der Waals surface area (Å²) < 4.78 is 40.8. The summed E-state index contributed by atoms with van der Waals surface area (Å²) in [5.41, 5.74) is -1.01. The second-order valence-electron chi connectivity index (χ2n) is 7.96. The SMILES string of the molecule is Cc1csc(C(O)(CC(=O)NC2CCC(C)(C)c3ccccc32)C(F)(F)F)n1. The van der Waals surface area contributed by atoms with Gasteiger partial charge in [0.15, 0.2) is 0 Å². The molecule has 0 saturated carbocycles. The summed E-state index contributed by atoms with van der Waals surface area (Å²) in [6.07, 6.45) is -4.71. The Balaban J connectivity index is 1.83. The zero-order valence-electron chi connectivity index (χ0n) is 15.9. The van der Waals surface area contributed by atoms with Gasteiger partial charge >= 0.3 is 6.18 Å². The number of benzene rings is 1. The third kappa shape index (κ3) is 3.80. The van der Waals surface area contributed by atoms with Crippen molar-refractivity contribution in [1.82, 2.24) is 10.3 Å². The fraction of sp³-hybridized carbons (Fsp3) is 0.500. The van der Waals surface area contributed by atoms with Crippen molar-refractivity contribution in [2.45, 2.75) is 63.3 Å². The summed E-state index contributed by atoms with van der Waals surface area (Å²) in [4.78, 5) is 16.3. The Morgan fingerprint density at radius 3 is 2.64 bits per heavy atom. The molecule has 28 heavy (non-hydrogen) atoms. The zero-order chi connectivity index (χ0) is 20.7. The minimum Gasteiger partial charge on any atom is -0.374 e. The third-order valence-electron chi connectivity index (χ3n) is 5.32. The molecule has 0 radical (unpaired) electrons. The van der Waals surface area contributed by atoms with Crippen LogP contribution in [0.5, 0.6) is 0 Å². The summed E-state index contributed by atoms with van der Waals surface area (Å²) >= 11 is 0.699. The standard InChI is InChI=1S/C20H23F3N2O2S/c1-12-11-28-17(24-12)19(27,20(21,22)23)10-16(26)25-15-8-9-18(2,3)14-7-5-4-6-13(14)15/h4-7,11,15,27H,8-10H2,1-3H3,(H,25,26). The largest absolute Gasteiger partial charge is 0.424 e. The van der Waals surface area contributed by atoms with Gasteiger partial charge in [-0.1, -0.05) is 38.1 Å². The number of aromatic nitrogens is 1. The van der Waals surface area contributed by atoms with Crippen molar-refractivity contribution in [2.75, 3.05) is 0 Å². The van der Waals surface area contributed by atoms with Crippen LogP contribution >= 0.6 is 11.3 Å². The Bertz CT molecular complexity index is 878. The molecular formula is C20H23F3N2O2S. The fourth-order valence-electron chi connectivity index (χ4n) is 3.68. The number of aryl methyl sites for hydroxylation is 1. The van der Waals surface area contributed by atoms with E-state index < -0.39 is 29.1 Å². The number of carbonyl (C=O) groups excluding carboxylic acids is 1. The highest BCUT2D eigenvalue weighted by atomic mass is 32.1. The van der Waals surface area contributed by atoms with Crippen LogP contribution in [0, 0.1) is 6.92 Å². The van der Waals surface area contributed by atoms with Gasteiger partial charge in [-0.25, -0.2) is 4.98 Å². The van der Waals surface area contributed by atoms with Crippen LogP contribution in [-0.4, -0.2) is 22.2 Å². The number of halogens is 3. The lowest BCUT2D eigenvalue weighted by Gasteiger charge is -2.37. The molecule has 0 saturated heterocycles. The number of amides is 1. The van der Waals surface area contributed by atoms with E-state index in [1.165, 1.54) is 12.3 Å². The molecular weight excluding hydrogens is 389 g/mol. The molecule has 1 aliphatic carbocycles. The van der Waals surface area contributed by atoms with Crippen molar-refractivity contribution < 1.29 is 23.1 Å². The number of aliphatic hydroxyl groups is 1. The van der Waals surface area contributed by atoms with Crippen molar-refractivity contribution in [3.63, 3.8) is 0 Å². The Morgan fingerprint density at radius 2 is 2.04 bits per heavy atom. The minimum atomic E-state index is -5.01. The first-order valence-electron chi connectivity index (χ1n) is 9.04. The van der Waals surface area contributed by atoms with Crippen molar-refractivity contribution in [2.24, 2.45) is 0 Å². The molecule has 2 unspecified atom stereocenters. The van der Waals surface area contributed by atoms with Gasteiger partial charge in [-0.15, -0.1) is 11.3 Å². The van der Waals surface area contributed by atoms with Crippen molar-refractivity contribution >= 4 is 17.2 Å². The number of fused-ring (bicyclic) bond motifs is 1. The van der Waals surface area contributed by atoms with Gasteiger partial charge in [0.2, 0.25) is 11.5 Å². The molecule has 1 aromatic heterocycles. The lowest BCUT2D eigenvalue weighted by Crippen LogP contribution is -2.47. The summed E-state index contributed by atoms with van der Waals surface area (Å²) in [7, 11) is 0. The Kier molecular flexibility index (Phi) is 5.31. The lowest BCUT2D eigenvalue weighted by atomic mass is 9.71. The molecule has 0 bridgehead atoms. The molecule has 2 N–H and O–H groups in total. The predicted octanol–water partition coefficient (Wildman–Crippen LogP) is 4.52. The molecule has 0 fully saturated rings. The fourth-order valence-corrected chi connectivity index (χ4v) is 4.60. The predicted molar refractivity (Wildman–Crippen MR) is 101 cm³/mol. The number of nitrogens with one attached hydrogen (secondary N) is 1. The van der Waals surface area contributed by atoms with E-state index in [0.29, 0.717) is 23.5 Å². The average molecular weight is 412 g/mol. The number of hydrogen-bond donors (Lipinski definition) is 2. The Morgan fingerprint density at radius 1 is 1.36 bits per heavy atom. The Hall–Kier alpha value is -1.93. The molecule has 1 aliphatic rings. The van der Waals surface area contributed by atoms with E-state index in [9.17, 15) is 23.1 Å². The summed E-state index contributed by atoms with van der Waals surface area (Å²) in [5, 5.41) is 14.0. The summed E-state index contributed by atoms with van der Waals surface area (Å²) in [6.45, 7) is 5.76. The molecule has 2 atom stereocenters. The zero-order valence-corrected chi connectivity index (χ0v) is 16.7. The van der Waals surface area contributed by atoms with E-state index in [2.05, 4.69) is 24.1 Å². The number of alkyl halides is 3. The topological polar surface area (TPSA) is 62.2 Å². The van der Waals surface area contributed by atoms with Gasteiger partial charge in [0.05, 0.1) is 12.5 Å². The molecule has 4 nitrogen and oxygen atoms in total. The first-order chi connectivity index (χ1) is 12.9. The van der Waals surface area contributed by atoms with Gasteiger partial charge in [0.1, 0.15) is 5.01 Å². The third-order valence-corrected chi connectivity index (χ3v) is 6.43. The maximum Gasteiger partial charge on any atom is 0.424 e. The smallest absolute Gasteiger partial charge is 0.374 e. The van der Waals surface area contributed by atoms with Crippen LogP contribution in [-0.2, 0) is 15.8 Å². The van der Waals surface area contributed by atoms with Gasteiger partial charge in [0, 0.05) is 11.1 Å². The van der Waals surface area contributed by atoms with Crippen molar-refractivity contribution in [1.29, 1.82) is 0 Å². The van der Waals surface area contributed by atoms with Crippen LogP contribution in [0.3, 0.4) is 0 Å². The second-order valence-corrected chi connectivity index (χ2v) is 8.82. The quantitative estimate of drug-likeness (QED) is 0.776. The highest BCUT2D eigenvalue weighted by Gasteiger charge is 2.58. The molecule has 1 heterocycles. The average Bonchev–Trinajstić information content (AvgIpc) is 3.04. The van der Waals surface area contributed by atoms with Crippen molar-refractivity contribution in [3.05, 3.63) is 51.5 Å². The van der Waals surface area contributed by atoms with Crippen LogP contribution in [0.25, 0.3) is 0 Å². The lowest BCUT2D eigenvalue weighted by molar-refractivity contribution is -0.267. The number of thiazole rings is 1. The number of nitrogens with zero attached hydrogens (tertiary/aromatic N) is 1. The molecule has 1 aromatic carbocycles. The van der Waals surface area contributed by atoms with E-state index in [1.54, 1.807) is 0 Å². The van der Waals surface area contributed by atoms with Crippen LogP contribution in [0.1, 0.15) is 61.0 Å². The number of carbonyl (C=O) groups is 1. The highest BCUT2D eigenvalue weighted by molar-refractivity contribution is 7.09. The number of hydrogen-bond acceptors (Lipinski definition) is 4. The summed E-state index contributed by atoms with van der Waals surface area (Å²) in [6, 6.07) is 7.26. The van der Waals surface area contributed by atoms with Gasteiger partial charge in [-0.2, -0.15) is 13.2 Å². The van der Waals surface area contributed by atoms with Crippen LogP contribution in [0.2, 0.25) is 0 Å². The van der Waals surface area contributed by atoms with Gasteiger partial charge in [-0.05, 0) is 36.3 Å². The molecule has 8 heteroatoms. The van der Waals surface area contributed by atoms with Crippen molar-refractivity contribution in [3.8, 4) is 0 Å². The van der Waals surface area contributed by atoms with E-state index >= 15 is 0 Å². The van der Waals surface area contributed by atoms with E-state index in [4.69, 9.17) is 0 Å². The second kappa shape index (κ2) is 7.15.